The second kappa shape index (κ2) is 9.87. The van der Waals surface area contributed by atoms with E-state index in [2.05, 4.69) is 5.32 Å². The Labute approximate surface area is 226 Å². The molecule has 0 spiro atoms. The van der Waals surface area contributed by atoms with E-state index in [1.54, 1.807) is 4.90 Å². The van der Waals surface area contributed by atoms with Crippen molar-refractivity contribution in [3.63, 3.8) is 0 Å². The molecule has 4 aromatic rings. The van der Waals surface area contributed by atoms with E-state index in [0.29, 0.717) is 36.2 Å². The lowest BCUT2D eigenvalue weighted by Gasteiger charge is -2.34. The van der Waals surface area contributed by atoms with Gasteiger partial charge in [0.05, 0.1) is 0 Å². The van der Waals surface area contributed by atoms with Crippen LogP contribution in [0.2, 0.25) is 0 Å². The molecule has 2 aliphatic rings. The molecule has 0 atom stereocenters. The molecule has 1 aliphatic heterocycles. The van der Waals surface area contributed by atoms with Crippen molar-refractivity contribution in [2.45, 2.75) is 37.8 Å². The molecule has 1 heterocycles. The third-order valence-electron chi connectivity index (χ3n) is 7.99. The van der Waals surface area contributed by atoms with E-state index in [0.717, 1.165) is 40.7 Å². The van der Waals surface area contributed by atoms with Crippen LogP contribution >= 0.6 is 0 Å². The summed E-state index contributed by atoms with van der Waals surface area (Å²) in [6.07, 6.45) is 2.64. The van der Waals surface area contributed by atoms with Gasteiger partial charge in [0.2, 0.25) is 0 Å². The van der Waals surface area contributed by atoms with Gasteiger partial charge in [0.1, 0.15) is 5.54 Å². The molecule has 2 N–H and O–H groups in total. The minimum Gasteiger partial charge on any atom is -0.479 e. The summed E-state index contributed by atoms with van der Waals surface area (Å²) in [5.41, 5.74) is 5.49. The van der Waals surface area contributed by atoms with E-state index >= 15 is 0 Å². The van der Waals surface area contributed by atoms with Crippen LogP contribution in [0.15, 0.2) is 97.1 Å². The monoisotopic (exact) mass is 516 g/mol. The summed E-state index contributed by atoms with van der Waals surface area (Å²) >= 11 is 0. The van der Waals surface area contributed by atoms with Crippen LogP contribution < -0.4 is 5.32 Å². The normalized spacial score (nSPS) is 15.7. The first kappa shape index (κ1) is 24.6. The number of aliphatic carboxylic acids is 1. The molecule has 2 amide bonds. The molecule has 0 aromatic heterocycles. The summed E-state index contributed by atoms with van der Waals surface area (Å²) in [6.45, 7) is 0.331. The number of carbonyl (C=O) groups excluding carboxylic acids is 2. The highest BCUT2D eigenvalue weighted by Crippen LogP contribution is 2.41. The number of nitrogens with one attached hydrogen (secondary N) is 1. The molecule has 4 aromatic carbocycles. The quantitative estimate of drug-likeness (QED) is 0.301. The van der Waals surface area contributed by atoms with E-state index in [1.807, 2.05) is 97.1 Å². The predicted molar refractivity (Wildman–Crippen MR) is 150 cm³/mol. The van der Waals surface area contributed by atoms with E-state index in [1.165, 1.54) is 0 Å². The number of nitrogens with zero attached hydrogens (tertiary/aromatic N) is 1. The van der Waals surface area contributed by atoms with E-state index in [9.17, 15) is 19.5 Å². The second-order valence-corrected chi connectivity index (χ2v) is 10.3. The number of amides is 2. The topological polar surface area (TPSA) is 86.7 Å². The van der Waals surface area contributed by atoms with Gasteiger partial charge >= 0.3 is 5.97 Å². The van der Waals surface area contributed by atoms with Crippen molar-refractivity contribution in [3.05, 3.63) is 114 Å². The third kappa shape index (κ3) is 4.48. The summed E-state index contributed by atoms with van der Waals surface area (Å²) in [7, 11) is 0. The zero-order valence-electron chi connectivity index (χ0n) is 21.4. The Kier molecular flexibility index (Phi) is 6.23. The maximum Gasteiger partial charge on any atom is 0.329 e. The van der Waals surface area contributed by atoms with Gasteiger partial charge in [-0.3, -0.25) is 9.59 Å². The molecular formula is C33H28N2O4. The first-order valence-corrected chi connectivity index (χ1v) is 13.2. The highest BCUT2D eigenvalue weighted by Gasteiger charge is 2.51. The van der Waals surface area contributed by atoms with Crippen molar-refractivity contribution >= 4 is 23.5 Å². The second-order valence-electron chi connectivity index (χ2n) is 10.3. The number of carboxylic acids is 1. The molecule has 39 heavy (non-hydrogen) atoms. The minimum absolute atomic E-state index is 0.190. The van der Waals surface area contributed by atoms with Gasteiger partial charge in [0.15, 0.2) is 0 Å². The first-order chi connectivity index (χ1) is 18.9. The number of hydrogen-bond donors (Lipinski definition) is 2. The Bertz CT molecular complexity index is 1550. The molecule has 0 unspecified atom stereocenters. The lowest BCUT2D eigenvalue weighted by Crippen LogP contribution is -2.52. The lowest BCUT2D eigenvalue weighted by atomic mass is 9.95. The first-order valence-electron chi connectivity index (χ1n) is 13.2. The average molecular weight is 517 g/mol. The molecule has 0 bridgehead atoms. The fraction of sp³-hybridized carbons (Fsp3) is 0.182. The largest absolute Gasteiger partial charge is 0.479 e. The van der Waals surface area contributed by atoms with Crippen LogP contribution in [0.25, 0.3) is 22.3 Å². The van der Waals surface area contributed by atoms with Crippen molar-refractivity contribution in [2.75, 3.05) is 5.32 Å². The Balaban J connectivity index is 1.15. The number of rotatable bonds is 6. The zero-order valence-corrected chi connectivity index (χ0v) is 21.4. The Morgan fingerprint density at radius 1 is 0.744 bits per heavy atom. The zero-order chi connectivity index (χ0) is 27.0. The summed E-state index contributed by atoms with van der Waals surface area (Å²) < 4.78 is 0. The number of benzene rings is 4. The predicted octanol–water partition coefficient (Wildman–Crippen LogP) is 6.63. The smallest absolute Gasteiger partial charge is 0.329 e. The molecule has 0 radical (unpaired) electrons. The van der Waals surface area contributed by atoms with E-state index in [-0.39, 0.29) is 11.8 Å². The number of hydrogen-bond acceptors (Lipinski definition) is 3. The molecule has 6 rings (SSSR count). The highest BCUT2D eigenvalue weighted by atomic mass is 16.4. The Morgan fingerprint density at radius 2 is 1.33 bits per heavy atom. The van der Waals surface area contributed by atoms with Crippen LogP contribution in [0, 0.1) is 0 Å². The summed E-state index contributed by atoms with van der Waals surface area (Å²) in [4.78, 5) is 39.8. The van der Waals surface area contributed by atoms with Crippen LogP contribution in [0.3, 0.4) is 0 Å². The van der Waals surface area contributed by atoms with Gasteiger partial charge in [-0.15, -0.1) is 0 Å². The van der Waals surface area contributed by atoms with Crippen LogP contribution in [0.5, 0.6) is 0 Å². The maximum atomic E-state index is 13.3. The number of carboxylic acid groups (broad SMARTS) is 1. The van der Waals surface area contributed by atoms with Crippen molar-refractivity contribution < 1.29 is 19.5 Å². The molecule has 1 saturated carbocycles. The summed E-state index contributed by atoms with van der Waals surface area (Å²) in [5.74, 6) is -1.31. The van der Waals surface area contributed by atoms with Crippen LogP contribution in [0.4, 0.5) is 5.69 Å². The molecule has 6 nitrogen and oxygen atoms in total. The van der Waals surface area contributed by atoms with Gasteiger partial charge in [0.25, 0.3) is 11.8 Å². The standard InChI is InChI=1S/C33H28N2O4/c36-30(25-10-8-23(9-11-25)22-6-2-1-3-7-22)34-28-16-14-24(15-17-28)26-12-13-27-21-35(31(37)29(27)20-26)33(32(38)39)18-4-5-19-33/h1-3,6-17,20H,4-5,18-19,21H2,(H,34,36)(H,38,39). The molecule has 1 fully saturated rings. The van der Waals surface area contributed by atoms with Gasteiger partial charge in [0, 0.05) is 23.4 Å². The van der Waals surface area contributed by atoms with Crippen molar-refractivity contribution in [1.82, 2.24) is 4.90 Å². The maximum absolute atomic E-state index is 13.3. The minimum atomic E-state index is -1.10. The van der Waals surface area contributed by atoms with Crippen LogP contribution in [-0.2, 0) is 11.3 Å². The SMILES string of the molecule is O=C(Nc1ccc(-c2ccc3c(c2)C(=O)N(C2(C(=O)O)CCCC2)C3)cc1)c1ccc(-c2ccccc2)cc1. The Hall–Kier alpha value is -4.71. The van der Waals surface area contributed by atoms with Gasteiger partial charge in [-0.1, -0.05) is 79.6 Å². The fourth-order valence-electron chi connectivity index (χ4n) is 5.78. The molecule has 6 heteroatoms. The van der Waals surface area contributed by atoms with Crippen LogP contribution in [0.1, 0.15) is 52.0 Å². The van der Waals surface area contributed by atoms with E-state index in [4.69, 9.17) is 0 Å². The fourth-order valence-corrected chi connectivity index (χ4v) is 5.78. The molecule has 1 aliphatic carbocycles. The molecular weight excluding hydrogens is 488 g/mol. The Morgan fingerprint density at radius 3 is 2.00 bits per heavy atom. The van der Waals surface area contributed by atoms with Gasteiger partial charge in [-0.05, 0) is 71.0 Å². The number of fused-ring (bicyclic) bond motifs is 1. The van der Waals surface area contributed by atoms with E-state index < -0.39 is 11.5 Å². The summed E-state index contributed by atoms with van der Waals surface area (Å²) in [5, 5.41) is 12.9. The average Bonchev–Trinajstić information content (AvgIpc) is 3.60. The number of anilines is 1. The molecule has 194 valence electrons. The van der Waals surface area contributed by atoms with Crippen molar-refractivity contribution in [3.8, 4) is 22.3 Å². The summed E-state index contributed by atoms with van der Waals surface area (Å²) in [6, 6.07) is 30.7. The van der Waals surface area contributed by atoms with Gasteiger partial charge < -0.3 is 15.3 Å². The van der Waals surface area contributed by atoms with Crippen molar-refractivity contribution in [2.24, 2.45) is 0 Å². The van der Waals surface area contributed by atoms with Crippen LogP contribution in [-0.4, -0.2) is 33.3 Å². The lowest BCUT2D eigenvalue weighted by molar-refractivity contribution is -0.149. The van der Waals surface area contributed by atoms with Gasteiger partial charge in [-0.2, -0.15) is 0 Å². The highest BCUT2D eigenvalue weighted by molar-refractivity contribution is 6.05. The van der Waals surface area contributed by atoms with Crippen molar-refractivity contribution in [1.29, 1.82) is 0 Å². The van der Waals surface area contributed by atoms with Gasteiger partial charge in [-0.25, -0.2) is 4.79 Å². The third-order valence-corrected chi connectivity index (χ3v) is 7.99. The number of carbonyl (C=O) groups is 3. The molecule has 0 saturated heterocycles.